The highest BCUT2D eigenvalue weighted by Crippen LogP contribution is 2.31. The number of halogens is 1. The maximum atomic E-state index is 9.87. The number of fused-ring (bicyclic) bond motifs is 1. The second-order valence-corrected chi connectivity index (χ2v) is 4.73. The lowest BCUT2D eigenvalue weighted by atomic mass is 10.2. The number of hydrogen-bond acceptors (Lipinski definition) is 4. The Morgan fingerprint density at radius 1 is 1.28 bits per heavy atom. The molecule has 0 unspecified atom stereocenters. The van der Waals surface area contributed by atoms with Gasteiger partial charge >= 0.3 is 0 Å². The highest BCUT2D eigenvalue weighted by molar-refractivity contribution is 9.10. The van der Waals surface area contributed by atoms with E-state index in [9.17, 15) is 5.11 Å². The van der Waals surface area contributed by atoms with E-state index in [1.165, 1.54) is 0 Å². The van der Waals surface area contributed by atoms with Crippen molar-refractivity contribution in [1.82, 2.24) is 14.5 Å². The summed E-state index contributed by atoms with van der Waals surface area (Å²) >= 11 is 3.36. The quantitative estimate of drug-likeness (QED) is 0.724. The van der Waals surface area contributed by atoms with Crippen LogP contribution in [0.15, 0.2) is 41.1 Å². The highest BCUT2D eigenvalue weighted by atomic mass is 79.9. The number of aromatic hydroxyl groups is 1. The van der Waals surface area contributed by atoms with Crippen LogP contribution in [0.25, 0.3) is 16.7 Å². The van der Waals surface area contributed by atoms with Gasteiger partial charge in [-0.1, -0.05) is 15.9 Å². The number of phenolic OH excluding ortho intramolecular Hbond substituents is 1. The normalized spacial score (nSPS) is 10.9. The number of anilines is 1. The minimum Gasteiger partial charge on any atom is -0.507 e. The monoisotopic (exact) mass is 304 g/mol. The number of hydrogen-bond donors (Lipinski definition) is 2. The standard InChI is InChI=1S/C12H9BrN4O/c13-7-5-9-8(10(18)6-7)2-4-17(9)11-1-3-15-12(14)16-11/h1-6,18H,(H2,14,15,16). The maximum Gasteiger partial charge on any atom is 0.221 e. The van der Waals surface area contributed by atoms with Gasteiger partial charge in [0.25, 0.3) is 0 Å². The third-order valence-corrected chi connectivity index (χ3v) is 3.12. The summed E-state index contributed by atoms with van der Waals surface area (Å²) in [6.07, 6.45) is 3.43. The van der Waals surface area contributed by atoms with Crippen molar-refractivity contribution >= 4 is 32.8 Å². The predicted octanol–water partition coefficient (Wildman–Crippen LogP) is 2.47. The average molecular weight is 305 g/mol. The Bertz CT molecular complexity index is 738. The molecule has 0 saturated heterocycles. The van der Waals surface area contributed by atoms with Crippen LogP contribution in [0.3, 0.4) is 0 Å². The van der Waals surface area contributed by atoms with Crippen molar-refractivity contribution in [3.63, 3.8) is 0 Å². The summed E-state index contributed by atoms with van der Waals surface area (Å²) in [5.74, 6) is 1.10. The molecule has 90 valence electrons. The molecule has 5 nitrogen and oxygen atoms in total. The third kappa shape index (κ3) is 1.70. The van der Waals surface area contributed by atoms with Crippen molar-refractivity contribution in [2.45, 2.75) is 0 Å². The smallest absolute Gasteiger partial charge is 0.221 e. The molecule has 0 fully saturated rings. The van der Waals surface area contributed by atoms with E-state index in [-0.39, 0.29) is 11.7 Å². The van der Waals surface area contributed by atoms with Gasteiger partial charge in [-0.05, 0) is 24.3 Å². The molecule has 0 bridgehead atoms. The number of nitrogens with zero attached hydrogens (tertiary/aromatic N) is 3. The van der Waals surface area contributed by atoms with E-state index >= 15 is 0 Å². The van der Waals surface area contributed by atoms with E-state index in [1.807, 2.05) is 22.9 Å². The molecule has 2 aromatic heterocycles. The van der Waals surface area contributed by atoms with Crippen LogP contribution in [0, 0.1) is 0 Å². The molecule has 18 heavy (non-hydrogen) atoms. The van der Waals surface area contributed by atoms with Crippen molar-refractivity contribution in [2.24, 2.45) is 0 Å². The van der Waals surface area contributed by atoms with Crippen molar-refractivity contribution < 1.29 is 5.11 Å². The highest BCUT2D eigenvalue weighted by Gasteiger charge is 2.09. The molecule has 3 rings (SSSR count). The van der Waals surface area contributed by atoms with Gasteiger partial charge in [0.05, 0.1) is 5.52 Å². The van der Waals surface area contributed by atoms with Crippen LogP contribution in [0.4, 0.5) is 5.95 Å². The van der Waals surface area contributed by atoms with E-state index in [4.69, 9.17) is 5.73 Å². The lowest BCUT2D eigenvalue weighted by Crippen LogP contribution is -2.00. The predicted molar refractivity (Wildman–Crippen MR) is 72.6 cm³/mol. The molecule has 3 aromatic rings. The van der Waals surface area contributed by atoms with E-state index in [2.05, 4.69) is 25.9 Å². The van der Waals surface area contributed by atoms with Gasteiger partial charge in [0.2, 0.25) is 5.95 Å². The Morgan fingerprint density at radius 3 is 2.89 bits per heavy atom. The molecule has 0 radical (unpaired) electrons. The molecule has 1 aromatic carbocycles. The first-order chi connectivity index (χ1) is 8.65. The number of nitrogens with two attached hydrogens (primary N) is 1. The third-order valence-electron chi connectivity index (χ3n) is 2.66. The fraction of sp³-hybridized carbons (Fsp3) is 0. The minimum absolute atomic E-state index is 0.216. The first kappa shape index (κ1) is 11.0. The van der Waals surface area contributed by atoms with Crippen molar-refractivity contribution in [3.8, 4) is 11.6 Å². The first-order valence-corrected chi connectivity index (χ1v) is 6.03. The molecular formula is C12H9BrN4O. The fourth-order valence-corrected chi connectivity index (χ4v) is 2.32. The van der Waals surface area contributed by atoms with Gasteiger partial charge in [0, 0.05) is 22.3 Å². The SMILES string of the molecule is Nc1nccc(-n2ccc3c(O)cc(Br)cc32)n1. The number of aromatic nitrogens is 3. The molecule has 0 amide bonds. The maximum absolute atomic E-state index is 9.87. The Labute approximate surface area is 111 Å². The Balaban J connectivity index is 2.30. The van der Waals surface area contributed by atoms with Crippen molar-refractivity contribution in [3.05, 3.63) is 41.1 Å². The molecular weight excluding hydrogens is 296 g/mol. The Morgan fingerprint density at radius 2 is 2.11 bits per heavy atom. The van der Waals surface area contributed by atoms with E-state index in [0.717, 1.165) is 15.4 Å². The van der Waals surface area contributed by atoms with Crippen LogP contribution in [-0.4, -0.2) is 19.6 Å². The zero-order valence-corrected chi connectivity index (χ0v) is 10.8. The lowest BCUT2D eigenvalue weighted by molar-refractivity contribution is 0.481. The minimum atomic E-state index is 0.216. The number of phenols is 1. The van der Waals surface area contributed by atoms with Gasteiger partial charge in [-0.25, -0.2) is 4.98 Å². The summed E-state index contributed by atoms with van der Waals surface area (Å²) in [5, 5.41) is 10.6. The zero-order valence-electron chi connectivity index (χ0n) is 9.21. The van der Waals surface area contributed by atoms with Gasteiger partial charge < -0.3 is 15.4 Å². The van der Waals surface area contributed by atoms with Crippen molar-refractivity contribution in [1.29, 1.82) is 0 Å². The largest absolute Gasteiger partial charge is 0.507 e. The molecule has 3 N–H and O–H groups in total. The molecule has 6 heteroatoms. The van der Waals surface area contributed by atoms with Crippen molar-refractivity contribution in [2.75, 3.05) is 5.73 Å². The van der Waals surface area contributed by atoms with Crippen LogP contribution in [0.1, 0.15) is 0 Å². The summed E-state index contributed by atoms with van der Waals surface area (Å²) in [4.78, 5) is 8.02. The van der Waals surface area contributed by atoms with Crippen LogP contribution < -0.4 is 5.73 Å². The molecule has 0 aliphatic rings. The van der Waals surface area contributed by atoms with Gasteiger partial charge in [0.1, 0.15) is 11.6 Å². The molecule has 0 atom stereocenters. The van der Waals surface area contributed by atoms with Crippen LogP contribution in [0.5, 0.6) is 5.75 Å². The number of benzene rings is 1. The van der Waals surface area contributed by atoms with Gasteiger partial charge in [-0.2, -0.15) is 4.98 Å². The fourth-order valence-electron chi connectivity index (χ4n) is 1.89. The number of nitrogen functional groups attached to an aromatic ring is 1. The molecule has 0 aliphatic carbocycles. The van der Waals surface area contributed by atoms with Crippen LogP contribution >= 0.6 is 15.9 Å². The zero-order chi connectivity index (χ0) is 12.7. The lowest BCUT2D eigenvalue weighted by Gasteiger charge is -2.05. The summed E-state index contributed by atoms with van der Waals surface area (Å²) < 4.78 is 2.65. The summed E-state index contributed by atoms with van der Waals surface area (Å²) in [6.45, 7) is 0. The summed E-state index contributed by atoms with van der Waals surface area (Å²) in [7, 11) is 0. The van der Waals surface area contributed by atoms with Crippen LogP contribution in [0.2, 0.25) is 0 Å². The summed E-state index contributed by atoms with van der Waals surface area (Å²) in [6, 6.07) is 7.15. The molecule has 0 aliphatic heterocycles. The van der Waals surface area contributed by atoms with E-state index < -0.39 is 0 Å². The van der Waals surface area contributed by atoms with Crippen LogP contribution in [-0.2, 0) is 0 Å². The second kappa shape index (κ2) is 3.99. The van der Waals surface area contributed by atoms with Gasteiger partial charge in [-0.15, -0.1) is 0 Å². The van der Waals surface area contributed by atoms with Gasteiger partial charge in [-0.3, -0.25) is 0 Å². The molecule has 0 spiro atoms. The second-order valence-electron chi connectivity index (χ2n) is 3.82. The van der Waals surface area contributed by atoms with E-state index in [0.29, 0.717) is 5.82 Å². The van der Waals surface area contributed by atoms with Gasteiger partial charge in [0.15, 0.2) is 0 Å². The number of rotatable bonds is 1. The Kier molecular flexibility index (Phi) is 2.45. The molecule has 0 saturated carbocycles. The topological polar surface area (TPSA) is 77.0 Å². The Hall–Kier alpha value is -2.08. The summed E-state index contributed by atoms with van der Waals surface area (Å²) in [5.41, 5.74) is 6.42. The first-order valence-electron chi connectivity index (χ1n) is 5.23. The molecule has 2 heterocycles. The van der Waals surface area contributed by atoms with E-state index in [1.54, 1.807) is 18.3 Å². The average Bonchev–Trinajstić information content (AvgIpc) is 2.72.